The molecular weight excluding hydrogens is 277 g/mol. The van der Waals surface area contributed by atoms with Gasteiger partial charge in [-0.15, -0.1) is 0 Å². The maximum absolute atomic E-state index is 12.4. The quantitative estimate of drug-likeness (QED) is 0.548. The molecule has 10 rings (SSSR count). The van der Waals surface area contributed by atoms with Crippen molar-refractivity contribution in [2.24, 2.45) is 0 Å². The topological polar surface area (TPSA) is 26.3 Å². The standard InChI is InChI=1S/C7H7O2.C5H5.Ru/c1-9-7(8)6-4-2-3-5-6;1-2-4-5-3-1;/h2-5H,1H3;1-5H;. The van der Waals surface area contributed by atoms with E-state index in [1.54, 1.807) is 7.11 Å². The van der Waals surface area contributed by atoms with Crippen molar-refractivity contribution >= 4 is 5.97 Å². The van der Waals surface area contributed by atoms with Crippen LogP contribution in [0.3, 0.4) is 0 Å². The Labute approximate surface area is 75.1 Å². The summed E-state index contributed by atoms with van der Waals surface area (Å²) in [6.07, 6.45) is 0. The molecule has 10 heterocycles. The number of rotatable bonds is 1. The SMILES string of the molecule is COC(=O)[C]12[CH]3[CH]4[CH]5[CH]1[Ru]45321678[CH]2[CH]1[CH]6[CH]7[CH]28. The van der Waals surface area contributed by atoms with Crippen LogP contribution in [0.1, 0.15) is 0 Å². The molecule has 0 bridgehead atoms. The van der Waals surface area contributed by atoms with Crippen molar-refractivity contribution in [1.29, 1.82) is 0 Å². The zero-order valence-electron chi connectivity index (χ0n) is 8.37. The molecule has 10 aliphatic heterocycles. The van der Waals surface area contributed by atoms with Gasteiger partial charge in [-0.05, 0) is 0 Å². The van der Waals surface area contributed by atoms with Crippen LogP contribution < -0.4 is 0 Å². The fourth-order valence-electron chi connectivity index (χ4n) is 16.9. The van der Waals surface area contributed by atoms with Crippen LogP contribution in [0, 0.1) is 0 Å². The van der Waals surface area contributed by atoms with Gasteiger partial charge in [0.25, 0.3) is 0 Å². The van der Waals surface area contributed by atoms with E-state index >= 15 is 0 Å². The summed E-state index contributed by atoms with van der Waals surface area (Å²) in [5.74, 6) is 0.322. The summed E-state index contributed by atoms with van der Waals surface area (Å²) >= 11 is 0. The molecule has 10 aliphatic rings. The van der Waals surface area contributed by atoms with Gasteiger partial charge >= 0.3 is 75.0 Å². The van der Waals surface area contributed by atoms with E-state index in [4.69, 9.17) is 4.74 Å². The number of carbonyl (C=O) groups excluding carboxylic acids is 1. The van der Waals surface area contributed by atoms with Crippen LogP contribution in [-0.2, 0) is 17.3 Å². The predicted octanol–water partition coefficient (Wildman–Crippen LogP) is 2.92. The van der Waals surface area contributed by atoms with Gasteiger partial charge in [0, 0.05) is 0 Å². The van der Waals surface area contributed by atoms with Gasteiger partial charge in [0.2, 0.25) is 0 Å². The summed E-state index contributed by atoms with van der Waals surface area (Å²) in [6, 6.07) is 0. The van der Waals surface area contributed by atoms with Crippen molar-refractivity contribution in [3.8, 4) is 0 Å². The Morgan fingerprint density at radius 1 is 1.00 bits per heavy atom. The number of ether oxygens (including phenoxy) is 1. The van der Waals surface area contributed by atoms with Gasteiger partial charge in [0.15, 0.2) is 0 Å². The summed E-state index contributed by atoms with van der Waals surface area (Å²) in [5, 5.41) is 0. The Morgan fingerprint density at radius 2 is 1.47 bits per heavy atom. The summed E-state index contributed by atoms with van der Waals surface area (Å²) in [6.45, 7) is 0. The molecule has 0 amide bonds. The van der Waals surface area contributed by atoms with Crippen LogP contribution in [0.25, 0.3) is 0 Å². The van der Waals surface area contributed by atoms with E-state index in [-0.39, 0.29) is 0 Å². The molecule has 0 saturated carbocycles. The second kappa shape index (κ2) is 0.359. The Bertz CT molecular complexity index is 863. The number of hydrogen-bond donors (Lipinski definition) is 0. The van der Waals surface area contributed by atoms with E-state index in [0.29, 0.717) is 9.98 Å². The van der Waals surface area contributed by atoms with Gasteiger partial charge in [0.1, 0.15) is 0 Å². The van der Waals surface area contributed by atoms with Crippen LogP contribution in [0.5, 0.6) is 0 Å². The Balaban J connectivity index is 1.81. The summed E-state index contributed by atoms with van der Waals surface area (Å²) in [5.41, 5.74) is 0. The first-order valence-electron chi connectivity index (χ1n) is 6.32. The Hall–Kier alpha value is 0.0934. The molecule has 4 atom stereocenters. The molecule has 3 heteroatoms. The number of methoxy groups -OCH3 is 1. The first-order chi connectivity index (χ1) is 7.03. The van der Waals surface area contributed by atoms with E-state index in [1.807, 2.05) is 0 Å². The molecule has 15 heavy (non-hydrogen) atoms. The van der Waals surface area contributed by atoms with Crippen molar-refractivity contribution in [2.75, 3.05) is 7.11 Å². The van der Waals surface area contributed by atoms with Gasteiger partial charge in [-0.2, -0.15) is 0 Å². The number of fused-ring (bicyclic) bond motifs is 10. The van der Waals surface area contributed by atoms with Gasteiger partial charge in [-0.1, -0.05) is 0 Å². The van der Waals surface area contributed by atoms with Crippen LogP contribution >= 0.6 is 0 Å². The van der Waals surface area contributed by atoms with E-state index in [2.05, 4.69) is 0 Å². The van der Waals surface area contributed by atoms with Crippen molar-refractivity contribution in [1.82, 2.24) is 0 Å². The second-order valence-corrected chi connectivity index (χ2v) is 47.3. The normalized spacial score (nSPS) is 133. The third kappa shape index (κ3) is 0.0422. The molecular formula is C12H12O2Ru. The number of hydrogen-bond acceptors (Lipinski definition) is 2. The average Bonchev–Trinajstić information content (AvgIpc) is 3.18. The molecule has 0 aromatic rings. The zero-order chi connectivity index (χ0) is 9.30. The fourth-order valence-corrected chi connectivity index (χ4v) is 149. The molecule has 10 saturated heterocycles. The van der Waals surface area contributed by atoms with Crippen molar-refractivity contribution < 1.29 is 17.3 Å². The third-order valence-corrected chi connectivity index (χ3v) is 81.7. The van der Waals surface area contributed by atoms with Crippen LogP contribution in [0.4, 0.5) is 0 Å². The monoisotopic (exact) mass is 290 g/mol. The fraction of sp³-hybridized carbons (Fsp3) is 0.917. The zero-order valence-corrected chi connectivity index (χ0v) is 10.1. The van der Waals surface area contributed by atoms with E-state index in [9.17, 15) is 4.79 Å². The summed E-state index contributed by atoms with van der Waals surface area (Å²) in [7, 11) is -1.72. The Morgan fingerprint density at radius 3 is 1.67 bits per heavy atom. The molecule has 0 aromatic carbocycles. The molecule has 4 unspecified atom stereocenters. The Kier molecular flexibility index (Phi) is 0.123. The minimum absolute atomic E-state index is 0.322. The van der Waals surface area contributed by atoms with Crippen molar-refractivity contribution in [3.05, 3.63) is 0 Å². The molecule has 10 fully saturated rings. The minimum atomic E-state index is -3.37. The van der Waals surface area contributed by atoms with Crippen LogP contribution in [0.2, 0.25) is 44.6 Å². The van der Waals surface area contributed by atoms with E-state index < -0.39 is 7.72 Å². The average molecular weight is 289 g/mol. The van der Waals surface area contributed by atoms with Crippen LogP contribution in [0.15, 0.2) is 0 Å². The van der Waals surface area contributed by atoms with Crippen molar-refractivity contribution in [2.45, 2.75) is 44.6 Å². The first-order valence-corrected chi connectivity index (χ1v) is 16.2. The maximum atomic E-state index is 12.4. The summed E-state index contributed by atoms with van der Waals surface area (Å²) in [4.78, 5) is 12.4. The molecule has 1 spiro atoms. The third-order valence-electron chi connectivity index (χ3n) is 15.2. The van der Waals surface area contributed by atoms with Gasteiger partial charge in [0.05, 0.1) is 0 Å². The van der Waals surface area contributed by atoms with Crippen LogP contribution in [-0.4, -0.2) is 13.1 Å². The molecule has 0 aliphatic carbocycles. The number of esters is 1. The van der Waals surface area contributed by atoms with Gasteiger partial charge in [-0.3, -0.25) is 0 Å². The van der Waals surface area contributed by atoms with E-state index in [0.717, 1.165) is 9.02 Å². The van der Waals surface area contributed by atoms with E-state index in [1.165, 1.54) is 31.6 Å². The predicted molar refractivity (Wildman–Crippen MR) is 48.5 cm³/mol. The van der Waals surface area contributed by atoms with Gasteiger partial charge in [-0.25, -0.2) is 0 Å². The molecule has 2 nitrogen and oxygen atoms in total. The van der Waals surface area contributed by atoms with Crippen molar-refractivity contribution in [3.63, 3.8) is 0 Å². The molecule has 0 radical (unpaired) electrons. The summed E-state index contributed by atoms with van der Waals surface area (Å²) < 4.78 is 16.7. The molecule has 0 aromatic heterocycles. The number of carbonyl (C=O) groups is 1. The second-order valence-electron chi connectivity index (χ2n) is 10.2. The first kappa shape index (κ1) is 5.16. The van der Waals surface area contributed by atoms with Gasteiger partial charge < -0.3 is 0 Å². The molecule has 80 valence electrons. The molecule has 0 N–H and O–H groups in total.